The first-order valence-electron chi connectivity index (χ1n) is 12.2. The van der Waals surface area contributed by atoms with Crippen LogP contribution in [0.25, 0.3) is 21.8 Å². The summed E-state index contributed by atoms with van der Waals surface area (Å²) in [5, 5.41) is 9.22. The molecule has 6 rings (SSSR count). The number of benzene rings is 3. The topological polar surface area (TPSA) is 46.8 Å². The van der Waals surface area contributed by atoms with Crippen LogP contribution in [0.3, 0.4) is 0 Å². The Morgan fingerprint density at radius 2 is 1.85 bits per heavy atom. The third-order valence-electron chi connectivity index (χ3n) is 7.54. The maximum atomic E-state index is 13.1. The van der Waals surface area contributed by atoms with Crippen molar-refractivity contribution >= 4 is 33.4 Å². The van der Waals surface area contributed by atoms with Crippen LogP contribution < -0.4 is 4.74 Å². The van der Waals surface area contributed by atoms with Gasteiger partial charge in [0, 0.05) is 46.3 Å². The van der Waals surface area contributed by atoms with Crippen molar-refractivity contribution in [2.75, 3.05) is 7.11 Å². The van der Waals surface area contributed by atoms with Gasteiger partial charge in [-0.05, 0) is 61.2 Å². The number of carbonyl (C=O) groups is 1. The van der Waals surface area contributed by atoms with Crippen molar-refractivity contribution in [1.82, 2.24) is 9.58 Å². The standard InChI is InChI=1S/C29H29N3O2/c1-4-27(33)32-29(22-14-11-18-10-13-20(34-3)17-23(18)28(22)30-32)19-12-15-26-24(16-19)21-8-6-7-9-25(21)31(26)5-2/h6-10,12-13,15-17,22,29H,4-5,11,14H2,1-3H3/t22-,29+/m1/s1. The molecule has 0 saturated carbocycles. The molecule has 1 amide bonds. The van der Waals surface area contributed by atoms with Crippen LogP contribution in [0.2, 0.25) is 0 Å². The maximum Gasteiger partial charge on any atom is 0.242 e. The van der Waals surface area contributed by atoms with E-state index in [1.165, 1.54) is 27.4 Å². The third-order valence-corrected chi connectivity index (χ3v) is 7.54. The van der Waals surface area contributed by atoms with E-state index in [1.807, 2.05) is 13.0 Å². The predicted molar refractivity (Wildman–Crippen MR) is 136 cm³/mol. The molecule has 0 saturated heterocycles. The molecule has 172 valence electrons. The van der Waals surface area contributed by atoms with Crippen LogP contribution in [0, 0.1) is 5.92 Å². The van der Waals surface area contributed by atoms with Crippen LogP contribution in [0.15, 0.2) is 65.8 Å². The Morgan fingerprint density at radius 3 is 2.65 bits per heavy atom. The molecule has 4 aromatic rings. The van der Waals surface area contributed by atoms with Gasteiger partial charge in [0.2, 0.25) is 5.91 Å². The molecular weight excluding hydrogens is 422 g/mol. The summed E-state index contributed by atoms with van der Waals surface area (Å²) in [6.45, 7) is 5.02. The number of amides is 1. The largest absolute Gasteiger partial charge is 0.497 e. The summed E-state index contributed by atoms with van der Waals surface area (Å²) in [6.07, 6.45) is 2.39. The Morgan fingerprint density at radius 1 is 1.03 bits per heavy atom. The van der Waals surface area contributed by atoms with E-state index < -0.39 is 0 Å². The van der Waals surface area contributed by atoms with Crippen molar-refractivity contribution in [1.29, 1.82) is 0 Å². The number of hydrogen-bond acceptors (Lipinski definition) is 3. The first-order chi connectivity index (χ1) is 16.6. The number of carbonyl (C=O) groups excluding carboxylic acids is 1. The van der Waals surface area contributed by atoms with E-state index in [9.17, 15) is 4.79 Å². The molecule has 0 radical (unpaired) electrons. The summed E-state index contributed by atoms with van der Waals surface area (Å²) in [4.78, 5) is 13.1. The summed E-state index contributed by atoms with van der Waals surface area (Å²) in [6, 6.07) is 21.4. The first-order valence-corrected chi connectivity index (χ1v) is 12.2. The monoisotopic (exact) mass is 451 g/mol. The highest BCUT2D eigenvalue weighted by molar-refractivity contribution is 6.09. The number of para-hydroxylation sites is 1. The molecular formula is C29H29N3O2. The fourth-order valence-corrected chi connectivity index (χ4v) is 5.91. The van der Waals surface area contributed by atoms with Crippen LogP contribution >= 0.6 is 0 Å². The molecule has 5 heteroatoms. The van der Waals surface area contributed by atoms with Gasteiger partial charge in [0.15, 0.2) is 0 Å². The van der Waals surface area contributed by atoms with Crippen LogP contribution in [-0.4, -0.2) is 28.3 Å². The van der Waals surface area contributed by atoms with Crippen LogP contribution in [0.1, 0.15) is 49.4 Å². The van der Waals surface area contributed by atoms with E-state index in [2.05, 4.69) is 66.1 Å². The van der Waals surface area contributed by atoms with Crippen molar-refractivity contribution in [3.63, 3.8) is 0 Å². The van der Waals surface area contributed by atoms with Crippen molar-refractivity contribution in [2.24, 2.45) is 11.0 Å². The van der Waals surface area contributed by atoms with E-state index in [4.69, 9.17) is 9.84 Å². The maximum absolute atomic E-state index is 13.1. The van der Waals surface area contributed by atoms with Gasteiger partial charge in [-0.15, -0.1) is 0 Å². The summed E-state index contributed by atoms with van der Waals surface area (Å²) < 4.78 is 7.86. The SMILES string of the molecule is CCC(=O)N1N=C2c3cc(OC)ccc3CC[C@H]2[C@@H]1c1ccc2c(c1)c1ccccc1n2CC. The van der Waals surface area contributed by atoms with Gasteiger partial charge in [0.25, 0.3) is 0 Å². The zero-order valence-corrected chi connectivity index (χ0v) is 19.9. The summed E-state index contributed by atoms with van der Waals surface area (Å²) >= 11 is 0. The number of methoxy groups -OCH3 is 1. The highest BCUT2D eigenvalue weighted by Crippen LogP contribution is 2.45. The van der Waals surface area contributed by atoms with Gasteiger partial charge in [-0.3, -0.25) is 4.79 Å². The molecule has 0 bridgehead atoms. The Balaban J connectivity index is 1.51. The molecule has 0 fully saturated rings. The number of fused-ring (bicyclic) bond motifs is 6. The van der Waals surface area contributed by atoms with Gasteiger partial charge in [-0.1, -0.05) is 37.3 Å². The highest BCUT2D eigenvalue weighted by Gasteiger charge is 2.43. The predicted octanol–water partition coefficient (Wildman–Crippen LogP) is 6.08. The molecule has 2 aliphatic rings. The van der Waals surface area contributed by atoms with Gasteiger partial charge in [0.05, 0.1) is 18.9 Å². The molecule has 1 aliphatic heterocycles. The smallest absolute Gasteiger partial charge is 0.242 e. The fourth-order valence-electron chi connectivity index (χ4n) is 5.91. The average Bonchev–Trinajstić information content (AvgIpc) is 3.43. The lowest BCUT2D eigenvalue weighted by atomic mass is 9.77. The van der Waals surface area contributed by atoms with Crippen LogP contribution in [-0.2, 0) is 17.8 Å². The molecule has 2 heterocycles. The van der Waals surface area contributed by atoms with E-state index in [-0.39, 0.29) is 17.9 Å². The third kappa shape index (κ3) is 2.99. The molecule has 1 aliphatic carbocycles. The summed E-state index contributed by atoms with van der Waals surface area (Å²) in [5.74, 6) is 1.06. The van der Waals surface area contributed by atoms with Gasteiger partial charge < -0.3 is 9.30 Å². The molecule has 2 atom stereocenters. The lowest BCUT2D eigenvalue weighted by molar-refractivity contribution is -0.133. The molecule has 5 nitrogen and oxygen atoms in total. The highest BCUT2D eigenvalue weighted by atomic mass is 16.5. The van der Waals surface area contributed by atoms with Crippen molar-refractivity contribution in [2.45, 2.75) is 45.7 Å². The Hall–Kier alpha value is -3.60. The van der Waals surface area contributed by atoms with E-state index in [0.717, 1.165) is 42.0 Å². The minimum Gasteiger partial charge on any atom is -0.497 e. The first kappa shape index (κ1) is 21.0. The second-order valence-electron chi connectivity index (χ2n) is 9.23. The Kier molecular flexibility index (Phi) is 4.94. The minimum absolute atomic E-state index is 0.0624. The Labute approximate surface area is 199 Å². The zero-order valence-electron chi connectivity index (χ0n) is 19.9. The molecule has 0 unspecified atom stereocenters. The van der Waals surface area contributed by atoms with Gasteiger partial charge in [-0.2, -0.15) is 5.10 Å². The average molecular weight is 452 g/mol. The second-order valence-corrected chi connectivity index (χ2v) is 9.23. The number of hydrazone groups is 1. The lowest BCUT2D eigenvalue weighted by Crippen LogP contribution is -2.31. The molecule has 1 aromatic heterocycles. The van der Waals surface area contributed by atoms with E-state index >= 15 is 0 Å². The van der Waals surface area contributed by atoms with Gasteiger partial charge in [-0.25, -0.2) is 5.01 Å². The van der Waals surface area contributed by atoms with Crippen molar-refractivity contribution in [3.05, 3.63) is 77.4 Å². The number of ether oxygens (including phenoxy) is 1. The molecule has 34 heavy (non-hydrogen) atoms. The summed E-state index contributed by atoms with van der Waals surface area (Å²) in [7, 11) is 1.69. The van der Waals surface area contributed by atoms with Crippen molar-refractivity contribution < 1.29 is 9.53 Å². The van der Waals surface area contributed by atoms with Gasteiger partial charge >= 0.3 is 0 Å². The van der Waals surface area contributed by atoms with Crippen LogP contribution in [0.4, 0.5) is 0 Å². The number of aryl methyl sites for hydroxylation is 2. The number of nitrogens with zero attached hydrogens (tertiary/aromatic N) is 3. The fraction of sp³-hybridized carbons (Fsp3) is 0.310. The van der Waals surface area contributed by atoms with Gasteiger partial charge in [0.1, 0.15) is 5.75 Å². The molecule has 3 aromatic carbocycles. The number of hydrogen-bond donors (Lipinski definition) is 0. The lowest BCUT2D eigenvalue weighted by Gasteiger charge is -2.30. The molecule has 0 spiro atoms. The van der Waals surface area contributed by atoms with Crippen LogP contribution in [0.5, 0.6) is 5.75 Å². The normalized spacial score (nSPS) is 19.3. The minimum atomic E-state index is -0.0880. The summed E-state index contributed by atoms with van der Waals surface area (Å²) in [5.41, 5.74) is 7.06. The number of rotatable bonds is 4. The zero-order chi connectivity index (χ0) is 23.4. The second kappa shape index (κ2) is 8.01. The Bertz CT molecular complexity index is 1470. The van der Waals surface area contributed by atoms with E-state index in [0.29, 0.717) is 6.42 Å². The van der Waals surface area contributed by atoms with Crippen molar-refractivity contribution in [3.8, 4) is 5.75 Å². The number of aromatic nitrogens is 1. The quantitative estimate of drug-likeness (QED) is 0.377. The van der Waals surface area contributed by atoms with E-state index in [1.54, 1.807) is 12.1 Å². The molecule has 0 N–H and O–H groups in total.